The number of halogens is 4. The minimum atomic E-state index is -0.942. The molecule has 1 fully saturated rings. The number of urea groups is 1. The number of benzene rings is 2. The van der Waals surface area contributed by atoms with Crippen LogP contribution in [0.4, 0.5) is 13.6 Å². The van der Waals surface area contributed by atoms with E-state index in [1.807, 2.05) is 12.1 Å². The molecule has 5 nitrogen and oxygen atoms in total. The fraction of sp³-hybridized carbons (Fsp3) is 0.350. The van der Waals surface area contributed by atoms with Gasteiger partial charge in [0.2, 0.25) is 0 Å². The van der Waals surface area contributed by atoms with Crippen LogP contribution in [0.25, 0.3) is 0 Å². The van der Waals surface area contributed by atoms with Gasteiger partial charge in [-0.25, -0.2) is 13.6 Å². The van der Waals surface area contributed by atoms with Gasteiger partial charge < -0.3 is 15.4 Å². The van der Waals surface area contributed by atoms with Crippen molar-refractivity contribution in [1.82, 2.24) is 15.5 Å². The molecule has 1 aliphatic heterocycles. The lowest BCUT2D eigenvalue weighted by Gasteiger charge is -2.33. The van der Waals surface area contributed by atoms with Gasteiger partial charge in [0, 0.05) is 32.7 Å². The number of hydrogen-bond donors (Lipinski definition) is 2. The molecule has 1 atom stereocenters. The number of ether oxygens (including phenoxy) is 1. The van der Waals surface area contributed by atoms with Gasteiger partial charge in [0.25, 0.3) is 0 Å². The molecule has 3 rings (SSSR count). The second-order valence-corrected chi connectivity index (χ2v) is 7.60. The molecule has 1 heterocycles. The first-order chi connectivity index (χ1) is 13.9. The number of nitrogens with one attached hydrogen (secondary N) is 2. The minimum Gasteiger partial charge on any atom is -0.374 e. The summed E-state index contributed by atoms with van der Waals surface area (Å²) in [7, 11) is 0. The first-order valence-electron chi connectivity index (χ1n) is 9.14. The highest BCUT2D eigenvalue weighted by Gasteiger charge is 2.21. The molecule has 0 spiro atoms. The van der Waals surface area contributed by atoms with Gasteiger partial charge in [-0.3, -0.25) is 4.90 Å². The summed E-state index contributed by atoms with van der Waals surface area (Å²) in [5.41, 5.74) is 1.53. The molecule has 2 aromatic rings. The summed E-state index contributed by atoms with van der Waals surface area (Å²) in [5, 5.41) is 6.40. The van der Waals surface area contributed by atoms with E-state index in [9.17, 15) is 13.6 Å². The summed E-state index contributed by atoms with van der Waals surface area (Å²) in [4.78, 5) is 14.2. The van der Waals surface area contributed by atoms with Crippen LogP contribution in [0.1, 0.15) is 11.1 Å². The lowest BCUT2D eigenvalue weighted by atomic mass is 10.2. The van der Waals surface area contributed by atoms with Crippen LogP contribution in [0.5, 0.6) is 0 Å². The predicted octanol–water partition coefficient (Wildman–Crippen LogP) is 3.97. The monoisotopic (exact) mass is 443 g/mol. The Morgan fingerprint density at radius 3 is 2.62 bits per heavy atom. The van der Waals surface area contributed by atoms with Gasteiger partial charge in [0.15, 0.2) is 11.6 Å². The van der Waals surface area contributed by atoms with Gasteiger partial charge in [-0.1, -0.05) is 35.3 Å². The predicted molar refractivity (Wildman–Crippen MR) is 108 cm³/mol. The number of carbonyl (C=O) groups excluding carboxylic acids is 1. The van der Waals surface area contributed by atoms with Crippen LogP contribution in [0.2, 0.25) is 10.0 Å². The highest BCUT2D eigenvalue weighted by molar-refractivity contribution is 6.42. The zero-order chi connectivity index (χ0) is 20.8. The maximum Gasteiger partial charge on any atom is 0.315 e. The van der Waals surface area contributed by atoms with Crippen molar-refractivity contribution in [2.45, 2.75) is 19.2 Å². The van der Waals surface area contributed by atoms with E-state index in [2.05, 4.69) is 15.5 Å². The lowest BCUT2D eigenvalue weighted by molar-refractivity contribution is -0.0287. The Morgan fingerprint density at radius 2 is 1.86 bits per heavy atom. The summed E-state index contributed by atoms with van der Waals surface area (Å²) >= 11 is 12.0. The van der Waals surface area contributed by atoms with E-state index in [-0.39, 0.29) is 12.6 Å². The molecule has 0 aromatic heterocycles. The molecule has 9 heteroatoms. The van der Waals surface area contributed by atoms with Crippen molar-refractivity contribution in [2.24, 2.45) is 0 Å². The van der Waals surface area contributed by atoms with Crippen molar-refractivity contribution in [3.05, 3.63) is 69.2 Å². The normalized spacial score (nSPS) is 17.2. The number of amides is 2. The molecule has 29 heavy (non-hydrogen) atoms. The van der Waals surface area contributed by atoms with Gasteiger partial charge in [-0.2, -0.15) is 0 Å². The Kier molecular flexibility index (Phi) is 7.66. The van der Waals surface area contributed by atoms with Gasteiger partial charge in [-0.15, -0.1) is 0 Å². The van der Waals surface area contributed by atoms with Crippen molar-refractivity contribution >= 4 is 29.2 Å². The zero-order valence-corrected chi connectivity index (χ0v) is 17.1. The van der Waals surface area contributed by atoms with Crippen LogP contribution < -0.4 is 10.6 Å². The topological polar surface area (TPSA) is 53.6 Å². The van der Waals surface area contributed by atoms with E-state index in [1.54, 1.807) is 6.07 Å². The first-order valence-corrected chi connectivity index (χ1v) is 9.90. The Balaban J connectivity index is 1.42. The van der Waals surface area contributed by atoms with E-state index >= 15 is 0 Å². The quantitative estimate of drug-likeness (QED) is 0.709. The van der Waals surface area contributed by atoms with Crippen LogP contribution in [0.15, 0.2) is 36.4 Å². The second kappa shape index (κ2) is 10.2. The van der Waals surface area contributed by atoms with Crippen LogP contribution in [0.3, 0.4) is 0 Å². The van der Waals surface area contributed by atoms with E-state index in [4.69, 9.17) is 27.9 Å². The summed E-state index contributed by atoms with van der Waals surface area (Å²) < 4.78 is 31.8. The molecule has 2 N–H and O–H groups in total. The zero-order valence-electron chi connectivity index (χ0n) is 15.6. The van der Waals surface area contributed by atoms with Crippen molar-refractivity contribution in [3.63, 3.8) is 0 Å². The van der Waals surface area contributed by atoms with Crippen molar-refractivity contribution < 1.29 is 18.3 Å². The third-order valence-electron chi connectivity index (χ3n) is 4.54. The van der Waals surface area contributed by atoms with Crippen molar-refractivity contribution in [1.29, 1.82) is 0 Å². The Morgan fingerprint density at radius 1 is 1.07 bits per heavy atom. The molecule has 0 saturated carbocycles. The largest absolute Gasteiger partial charge is 0.374 e. The lowest BCUT2D eigenvalue weighted by Crippen LogP contribution is -2.48. The Bertz CT molecular complexity index is 870. The fourth-order valence-electron chi connectivity index (χ4n) is 3.04. The maximum atomic E-state index is 13.2. The summed E-state index contributed by atoms with van der Waals surface area (Å²) in [6.45, 7) is 3.13. The molecule has 0 radical (unpaired) electrons. The maximum absolute atomic E-state index is 13.2. The van der Waals surface area contributed by atoms with Gasteiger partial charge in [-0.05, 0) is 35.4 Å². The highest BCUT2D eigenvalue weighted by Crippen LogP contribution is 2.23. The summed E-state index contributed by atoms with van der Waals surface area (Å²) in [6, 6.07) is 8.66. The summed E-state index contributed by atoms with van der Waals surface area (Å²) in [5.74, 6) is -1.86. The molecule has 2 amide bonds. The molecule has 1 aliphatic rings. The van der Waals surface area contributed by atoms with Gasteiger partial charge in [0.05, 0.1) is 22.8 Å². The third kappa shape index (κ3) is 6.54. The van der Waals surface area contributed by atoms with Crippen LogP contribution in [-0.4, -0.2) is 43.3 Å². The number of carbonyl (C=O) groups is 1. The van der Waals surface area contributed by atoms with E-state index < -0.39 is 17.7 Å². The first kappa shape index (κ1) is 21.8. The smallest absolute Gasteiger partial charge is 0.315 e. The highest BCUT2D eigenvalue weighted by atomic mass is 35.5. The average molecular weight is 444 g/mol. The number of nitrogens with zero attached hydrogens (tertiary/aromatic N) is 1. The van der Waals surface area contributed by atoms with E-state index in [0.29, 0.717) is 41.8 Å². The molecular weight excluding hydrogens is 423 g/mol. The van der Waals surface area contributed by atoms with E-state index in [0.717, 1.165) is 24.2 Å². The Hall–Kier alpha value is -1.93. The molecule has 156 valence electrons. The fourth-order valence-corrected chi connectivity index (χ4v) is 3.37. The van der Waals surface area contributed by atoms with Gasteiger partial charge >= 0.3 is 6.03 Å². The molecule has 0 aliphatic carbocycles. The molecule has 1 unspecified atom stereocenters. The minimum absolute atomic E-state index is 0.0952. The third-order valence-corrected chi connectivity index (χ3v) is 5.28. The number of rotatable bonds is 6. The van der Waals surface area contributed by atoms with Crippen molar-refractivity contribution in [2.75, 3.05) is 26.2 Å². The summed E-state index contributed by atoms with van der Waals surface area (Å²) in [6.07, 6.45) is -0.152. The van der Waals surface area contributed by atoms with Gasteiger partial charge in [0.1, 0.15) is 0 Å². The van der Waals surface area contributed by atoms with Crippen LogP contribution in [0, 0.1) is 11.6 Å². The number of hydrogen-bond acceptors (Lipinski definition) is 3. The average Bonchev–Trinajstić information content (AvgIpc) is 2.70. The molecule has 0 bridgehead atoms. The van der Waals surface area contributed by atoms with E-state index in [1.165, 1.54) is 6.07 Å². The van der Waals surface area contributed by atoms with Crippen molar-refractivity contribution in [3.8, 4) is 0 Å². The molecule has 2 aromatic carbocycles. The Labute approximate surface area is 177 Å². The standard InChI is InChI=1S/C20H21Cl2F2N3O2/c21-16-3-1-14(7-17(16)22)11-27-5-6-29-15(12-27)10-26-20(28)25-9-13-2-4-18(23)19(24)8-13/h1-4,7-8,15H,5-6,9-12H2,(H2,25,26,28). The number of morpholine rings is 1. The molecular formula is C20H21Cl2F2N3O2. The second-order valence-electron chi connectivity index (χ2n) is 6.79. The van der Waals surface area contributed by atoms with Crippen LogP contribution >= 0.6 is 23.2 Å². The molecule has 1 saturated heterocycles. The SMILES string of the molecule is O=C(NCc1ccc(F)c(F)c1)NCC1CN(Cc2ccc(Cl)c(Cl)c2)CCO1. The van der Waals surface area contributed by atoms with Crippen LogP contribution in [-0.2, 0) is 17.8 Å².